The van der Waals surface area contributed by atoms with Gasteiger partial charge in [0.2, 0.25) is 0 Å². The number of rotatable bonds is 2. The molecule has 9 heavy (non-hydrogen) atoms. The van der Waals surface area contributed by atoms with E-state index in [9.17, 15) is 0 Å². The topological polar surface area (TPSA) is 23.8 Å². The van der Waals surface area contributed by atoms with Gasteiger partial charge < -0.3 is 0 Å². The van der Waals surface area contributed by atoms with E-state index in [4.69, 9.17) is 5.26 Å². The SMILES string of the molecule is C=C/C=C(/C)C(=C)C#N. The van der Waals surface area contributed by atoms with Crippen LogP contribution in [0.2, 0.25) is 0 Å². The van der Waals surface area contributed by atoms with E-state index in [-0.39, 0.29) is 0 Å². The molecule has 1 nitrogen and oxygen atoms in total. The van der Waals surface area contributed by atoms with Crippen LogP contribution in [-0.2, 0) is 0 Å². The summed E-state index contributed by atoms with van der Waals surface area (Å²) in [5.41, 5.74) is 1.36. The van der Waals surface area contributed by atoms with E-state index >= 15 is 0 Å². The van der Waals surface area contributed by atoms with Crippen molar-refractivity contribution in [1.82, 2.24) is 0 Å². The first-order valence-electron chi connectivity index (χ1n) is 2.61. The molecule has 0 aliphatic carbocycles. The van der Waals surface area contributed by atoms with Crippen molar-refractivity contribution in [3.05, 3.63) is 36.5 Å². The lowest BCUT2D eigenvalue weighted by Crippen LogP contribution is -1.75. The molecule has 0 saturated carbocycles. The Balaban J connectivity index is 4.24. The van der Waals surface area contributed by atoms with Crippen molar-refractivity contribution < 1.29 is 0 Å². The molecule has 0 unspecified atom stereocenters. The van der Waals surface area contributed by atoms with Crippen molar-refractivity contribution in [3.8, 4) is 6.07 Å². The molecule has 0 atom stereocenters. The monoisotopic (exact) mass is 119 g/mol. The third-order valence-electron chi connectivity index (χ3n) is 0.979. The second kappa shape index (κ2) is 3.68. The molecule has 0 aromatic rings. The Hall–Kier alpha value is -1.29. The molecule has 0 rings (SSSR count). The van der Waals surface area contributed by atoms with Crippen LogP contribution in [-0.4, -0.2) is 0 Å². The molecule has 46 valence electrons. The minimum Gasteiger partial charge on any atom is -0.192 e. The number of hydrogen-bond acceptors (Lipinski definition) is 1. The van der Waals surface area contributed by atoms with Crippen LogP contribution < -0.4 is 0 Å². The summed E-state index contributed by atoms with van der Waals surface area (Å²) in [6.07, 6.45) is 3.39. The molecule has 0 N–H and O–H groups in total. The lowest BCUT2D eigenvalue weighted by atomic mass is 10.1. The van der Waals surface area contributed by atoms with Crippen molar-refractivity contribution in [2.45, 2.75) is 6.92 Å². The first kappa shape index (κ1) is 7.71. The second-order valence-electron chi connectivity index (χ2n) is 1.68. The van der Waals surface area contributed by atoms with Crippen LogP contribution in [0.3, 0.4) is 0 Å². The molecule has 0 radical (unpaired) electrons. The minimum atomic E-state index is 0.495. The van der Waals surface area contributed by atoms with E-state index in [1.165, 1.54) is 0 Å². The van der Waals surface area contributed by atoms with Crippen LogP contribution in [0.5, 0.6) is 0 Å². The fraction of sp³-hybridized carbons (Fsp3) is 0.125. The molecule has 0 aromatic heterocycles. The maximum atomic E-state index is 8.31. The minimum absolute atomic E-state index is 0.495. The van der Waals surface area contributed by atoms with Crippen LogP contribution in [0.4, 0.5) is 0 Å². The van der Waals surface area contributed by atoms with E-state index in [2.05, 4.69) is 13.2 Å². The van der Waals surface area contributed by atoms with Gasteiger partial charge in [0, 0.05) is 5.57 Å². The van der Waals surface area contributed by atoms with Gasteiger partial charge in [-0.2, -0.15) is 5.26 Å². The number of nitrogens with zero attached hydrogens (tertiary/aromatic N) is 1. The molecule has 0 heterocycles. The van der Waals surface area contributed by atoms with Crippen LogP contribution >= 0.6 is 0 Å². The van der Waals surface area contributed by atoms with Crippen LogP contribution in [0, 0.1) is 11.3 Å². The van der Waals surface area contributed by atoms with E-state index in [1.807, 2.05) is 13.0 Å². The molecule has 0 aromatic carbocycles. The predicted molar refractivity (Wildman–Crippen MR) is 38.7 cm³/mol. The Kier molecular flexibility index (Phi) is 3.15. The number of hydrogen-bond donors (Lipinski definition) is 0. The molecule has 0 amide bonds. The highest BCUT2D eigenvalue weighted by molar-refractivity contribution is 5.39. The largest absolute Gasteiger partial charge is 0.192 e. The molecule has 0 aliphatic rings. The Labute approximate surface area is 55.6 Å². The van der Waals surface area contributed by atoms with Gasteiger partial charge in [-0.3, -0.25) is 0 Å². The molecule has 0 aliphatic heterocycles. The van der Waals surface area contributed by atoms with E-state index in [0.29, 0.717) is 5.57 Å². The van der Waals surface area contributed by atoms with Crippen molar-refractivity contribution in [2.24, 2.45) is 0 Å². The molecule has 0 fully saturated rings. The van der Waals surface area contributed by atoms with E-state index in [0.717, 1.165) is 5.57 Å². The molecule has 1 heteroatoms. The zero-order valence-corrected chi connectivity index (χ0v) is 5.52. The first-order valence-corrected chi connectivity index (χ1v) is 2.61. The van der Waals surface area contributed by atoms with Crippen molar-refractivity contribution in [3.63, 3.8) is 0 Å². The molecule has 0 saturated heterocycles. The maximum Gasteiger partial charge on any atom is 0.0988 e. The van der Waals surface area contributed by atoms with Crippen LogP contribution in [0.25, 0.3) is 0 Å². The summed E-state index contributed by atoms with van der Waals surface area (Å²) >= 11 is 0. The maximum absolute atomic E-state index is 8.31. The Morgan fingerprint density at radius 3 is 2.56 bits per heavy atom. The van der Waals surface area contributed by atoms with Gasteiger partial charge in [-0.25, -0.2) is 0 Å². The van der Waals surface area contributed by atoms with Gasteiger partial charge in [0.25, 0.3) is 0 Å². The lowest BCUT2D eigenvalue weighted by Gasteiger charge is -1.89. The molecule has 0 spiro atoms. The predicted octanol–water partition coefficient (Wildman–Crippen LogP) is 2.20. The van der Waals surface area contributed by atoms with Crippen molar-refractivity contribution >= 4 is 0 Å². The van der Waals surface area contributed by atoms with Gasteiger partial charge in [0.05, 0.1) is 6.07 Å². The second-order valence-corrected chi connectivity index (χ2v) is 1.68. The van der Waals surface area contributed by atoms with Gasteiger partial charge in [0.15, 0.2) is 0 Å². The highest BCUT2D eigenvalue weighted by atomic mass is 14.2. The lowest BCUT2D eigenvalue weighted by molar-refractivity contribution is 1.41. The normalized spacial score (nSPS) is 10.0. The standard InChI is InChI=1S/C8H9N/c1-4-5-7(2)8(3)6-9/h4-5H,1,3H2,2H3/b7-5-. The van der Waals surface area contributed by atoms with Crippen molar-refractivity contribution in [2.75, 3.05) is 0 Å². The van der Waals surface area contributed by atoms with Gasteiger partial charge >= 0.3 is 0 Å². The van der Waals surface area contributed by atoms with Gasteiger partial charge in [-0.05, 0) is 12.5 Å². The van der Waals surface area contributed by atoms with Crippen molar-refractivity contribution in [1.29, 1.82) is 5.26 Å². The van der Waals surface area contributed by atoms with Crippen LogP contribution in [0.15, 0.2) is 36.5 Å². The first-order chi connectivity index (χ1) is 4.22. The number of allylic oxidation sites excluding steroid dienone is 4. The third kappa shape index (κ3) is 2.50. The molecular weight excluding hydrogens is 110 g/mol. The average Bonchev–Trinajstić information content (AvgIpc) is 1.87. The number of nitriles is 1. The average molecular weight is 119 g/mol. The highest BCUT2D eigenvalue weighted by Gasteiger charge is 1.89. The Morgan fingerprint density at radius 1 is 1.67 bits per heavy atom. The zero-order chi connectivity index (χ0) is 7.28. The van der Waals surface area contributed by atoms with Gasteiger partial charge in [-0.1, -0.05) is 25.3 Å². The summed E-state index contributed by atoms with van der Waals surface area (Å²) in [6, 6.07) is 1.94. The summed E-state index contributed by atoms with van der Waals surface area (Å²) in [7, 11) is 0. The smallest absolute Gasteiger partial charge is 0.0988 e. The summed E-state index contributed by atoms with van der Waals surface area (Å²) in [5.74, 6) is 0. The Bertz CT molecular complexity index is 191. The summed E-state index contributed by atoms with van der Waals surface area (Å²) in [6.45, 7) is 8.83. The fourth-order valence-electron chi connectivity index (χ4n) is 0.366. The third-order valence-corrected chi connectivity index (χ3v) is 0.979. The zero-order valence-electron chi connectivity index (χ0n) is 5.52. The van der Waals surface area contributed by atoms with Gasteiger partial charge in [0.1, 0.15) is 0 Å². The van der Waals surface area contributed by atoms with Crippen LogP contribution in [0.1, 0.15) is 6.92 Å². The summed E-state index contributed by atoms with van der Waals surface area (Å²) in [4.78, 5) is 0. The van der Waals surface area contributed by atoms with E-state index in [1.54, 1.807) is 12.2 Å². The molecule has 0 bridgehead atoms. The molecular formula is C8H9N. The highest BCUT2D eigenvalue weighted by Crippen LogP contribution is 2.03. The quantitative estimate of drug-likeness (QED) is 0.404. The Morgan fingerprint density at radius 2 is 2.22 bits per heavy atom. The summed E-state index contributed by atoms with van der Waals surface area (Å²) in [5, 5.41) is 8.31. The van der Waals surface area contributed by atoms with E-state index < -0.39 is 0 Å². The van der Waals surface area contributed by atoms with Gasteiger partial charge in [-0.15, -0.1) is 0 Å². The summed E-state index contributed by atoms with van der Waals surface area (Å²) < 4.78 is 0. The fourth-order valence-corrected chi connectivity index (χ4v) is 0.366.